The molecular formula is C34H48N15O24P4+. The van der Waals surface area contributed by atoms with Gasteiger partial charge in [0.1, 0.15) is 66.3 Å². The highest BCUT2D eigenvalue weighted by molar-refractivity contribution is 7.66. The third kappa shape index (κ3) is 11.1. The average molecular weight is 1170 g/mol. The minimum absolute atomic E-state index is 0.0278. The summed E-state index contributed by atoms with van der Waals surface area (Å²) in [6.45, 7) is -2.29. The van der Waals surface area contributed by atoms with Gasteiger partial charge in [-0.05, 0) is 6.92 Å². The maximum atomic E-state index is 13.7. The first-order valence-electron chi connectivity index (χ1n) is 22.0. The molecule has 3 aliphatic rings. The largest absolute Gasteiger partial charge is 0.490 e. The van der Waals surface area contributed by atoms with E-state index in [0.29, 0.717) is 0 Å². The SMILES string of the molecule is CNc1ncnc2c1ncn2[C@@H]1O[C@H](COP(=O)(O)OP(=O)(O)OP(=O)(O)OC[C@H]2O[C@@H]([n+]3cn(C)c4c(=O)[nH]c(N)nc43)[C@](C)(O)C2O)[C@H](OP(=O)(O)OC[C@H]2O[C@@H](n3cnc4c(=O)[nH]c(N)nc43)C(O)[C@H]2O)C1OC. The fourth-order valence-electron chi connectivity index (χ4n) is 8.72. The maximum absolute atomic E-state index is 13.7. The van der Waals surface area contributed by atoms with Crippen molar-refractivity contribution >= 4 is 82.5 Å². The number of nitrogens with two attached hydrogens (primary N) is 2. The van der Waals surface area contributed by atoms with E-state index in [2.05, 4.69) is 53.8 Å². The summed E-state index contributed by atoms with van der Waals surface area (Å²) in [6, 6.07) is 0. The molecule has 15 N–H and O–H groups in total. The van der Waals surface area contributed by atoms with E-state index in [1.807, 2.05) is 0 Å². The smallest absolute Gasteiger partial charge is 0.387 e. The van der Waals surface area contributed by atoms with Crippen molar-refractivity contribution in [1.29, 1.82) is 0 Å². The number of nitrogens with zero attached hydrogens (tertiary/aromatic N) is 10. The van der Waals surface area contributed by atoms with Gasteiger partial charge in [-0.15, -0.1) is 0 Å². The topological polar surface area (TPSA) is 548 Å². The number of phosphoric ester groups is 3. The van der Waals surface area contributed by atoms with E-state index in [4.69, 9.17) is 48.5 Å². The number of H-pyrrole nitrogens is 2. The number of ether oxygens (including phenoxy) is 4. The van der Waals surface area contributed by atoms with E-state index < -0.39 is 135 Å². The Kier molecular flexibility index (Phi) is 15.3. The van der Waals surface area contributed by atoms with Crippen LogP contribution in [0.4, 0.5) is 17.7 Å². The van der Waals surface area contributed by atoms with Crippen molar-refractivity contribution in [2.24, 2.45) is 7.05 Å². The van der Waals surface area contributed by atoms with Crippen LogP contribution in [0, 0.1) is 0 Å². The molecule has 3 fully saturated rings. The Bertz CT molecular complexity index is 3540. The third-order valence-corrected chi connectivity index (χ3v) is 17.4. The first-order chi connectivity index (χ1) is 36.0. The van der Waals surface area contributed by atoms with E-state index in [1.54, 1.807) is 0 Å². The molecule has 0 amide bonds. The lowest BCUT2D eigenvalue weighted by atomic mass is 9.96. The van der Waals surface area contributed by atoms with Crippen LogP contribution >= 0.6 is 31.3 Å². The molecule has 6 aromatic heterocycles. The zero-order chi connectivity index (χ0) is 55.9. The van der Waals surface area contributed by atoms with Gasteiger partial charge >= 0.3 is 36.9 Å². The van der Waals surface area contributed by atoms with Gasteiger partial charge in [-0.1, -0.05) is 4.98 Å². The second-order valence-electron chi connectivity index (χ2n) is 17.3. The highest BCUT2D eigenvalue weighted by Crippen LogP contribution is 2.68. The highest BCUT2D eigenvalue weighted by Gasteiger charge is 2.57. The molecule has 39 nitrogen and oxygen atoms in total. The number of phosphoric acid groups is 4. The van der Waals surface area contributed by atoms with Crippen molar-refractivity contribution in [2.45, 2.75) is 80.0 Å². The molecule has 0 bridgehead atoms. The number of hydrogen-bond donors (Lipinski definition) is 13. The molecule has 3 aliphatic heterocycles. The highest BCUT2D eigenvalue weighted by atomic mass is 31.3. The monoisotopic (exact) mass is 1170 g/mol. The molecule has 9 heterocycles. The number of aliphatic hydroxyl groups excluding tert-OH is 3. The molecule has 0 aliphatic carbocycles. The Morgan fingerprint density at radius 2 is 1.34 bits per heavy atom. The van der Waals surface area contributed by atoms with Gasteiger partial charge in [0.15, 0.2) is 41.4 Å². The summed E-state index contributed by atoms with van der Waals surface area (Å²) in [4.78, 5) is 96.5. The number of rotatable bonds is 20. The number of nitrogen functional groups attached to an aromatic ring is 2. The number of anilines is 3. The summed E-state index contributed by atoms with van der Waals surface area (Å²) in [5, 5.41) is 46.8. The Labute approximate surface area is 427 Å². The number of imidazole rings is 3. The summed E-state index contributed by atoms with van der Waals surface area (Å²) < 4.78 is 110. The van der Waals surface area contributed by atoms with Gasteiger partial charge in [0, 0.05) is 14.2 Å². The van der Waals surface area contributed by atoms with Gasteiger partial charge in [0.2, 0.25) is 17.7 Å². The zero-order valence-corrected chi connectivity index (χ0v) is 43.4. The Morgan fingerprint density at radius 3 is 2.00 bits per heavy atom. The molecule has 6 aromatic rings. The normalized spacial score (nSPS) is 30.9. The number of aryl methyl sites for hydroxylation is 1. The van der Waals surface area contributed by atoms with Crippen LogP contribution in [0.2, 0.25) is 0 Å². The summed E-state index contributed by atoms with van der Waals surface area (Å²) in [7, 11) is -19.4. The van der Waals surface area contributed by atoms with Crippen LogP contribution in [0.25, 0.3) is 33.5 Å². The summed E-state index contributed by atoms with van der Waals surface area (Å²) in [6.07, 6.45) is -13.9. The lowest BCUT2D eigenvalue weighted by Gasteiger charge is -2.26. The predicted molar refractivity (Wildman–Crippen MR) is 249 cm³/mol. The van der Waals surface area contributed by atoms with Gasteiger partial charge in [-0.3, -0.25) is 51.4 Å². The summed E-state index contributed by atoms with van der Waals surface area (Å²) in [5.74, 6) is -0.378. The van der Waals surface area contributed by atoms with Crippen molar-refractivity contribution < 1.29 is 108 Å². The molecule has 77 heavy (non-hydrogen) atoms. The maximum Gasteiger partial charge on any atom is 0.490 e. The fourth-order valence-corrected chi connectivity index (χ4v) is 13.2. The molecule has 43 heteroatoms. The van der Waals surface area contributed by atoms with E-state index in [0.717, 1.165) is 35.8 Å². The molecule has 9 rings (SSSR count). The minimum atomic E-state index is -6.21. The molecular weight excluding hydrogens is 1130 g/mol. The molecule has 3 saturated heterocycles. The lowest BCUT2D eigenvalue weighted by Crippen LogP contribution is -2.53. The lowest BCUT2D eigenvalue weighted by molar-refractivity contribution is -0.752. The van der Waals surface area contributed by atoms with Gasteiger partial charge in [0.05, 0.1) is 39.5 Å². The molecule has 0 spiro atoms. The van der Waals surface area contributed by atoms with Crippen LogP contribution in [-0.2, 0) is 71.0 Å². The van der Waals surface area contributed by atoms with Crippen LogP contribution in [0.1, 0.15) is 25.6 Å². The van der Waals surface area contributed by atoms with Gasteiger partial charge in [-0.25, -0.2) is 42.8 Å². The van der Waals surface area contributed by atoms with Gasteiger partial charge in [-0.2, -0.15) is 13.6 Å². The summed E-state index contributed by atoms with van der Waals surface area (Å²) in [5.41, 5.74) is 7.51. The van der Waals surface area contributed by atoms with Crippen LogP contribution in [0.3, 0.4) is 0 Å². The molecule has 0 radical (unpaired) electrons. The first-order valence-corrected chi connectivity index (χ1v) is 28.0. The van der Waals surface area contributed by atoms with E-state index in [1.165, 1.54) is 35.9 Å². The standard InChI is InChI=1S/C34H47N15O24P4/c1-34(55)22(52)14(70-31(34)49-11-46(3)17-26(49)43-33(36)45-28(17)54)7-67-76(60,61)73-77(62,63)72-75(58,59)66-6-13-20(21(64-4)30(69-13)47-9-40-15-23(37-2)38-8-39-24(15)47)71-74(56,57)65-5-12-18(50)19(51)29(68-12)48-10-41-16-25(48)42-32(35)44-27(16)53/h8-14,18-22,29-31,50-52,55H,5-7H2,1-4H3,(H10-,35,36,37,38,39,42,43,44,45,53,54,56,57,58,59,60,61,62,63)/p+1/t12-,13-,14-,18+,19?,20+,21?,22?,29-,30-,31-,34-/m1/s1. The van der Waals surface area contributed by atoms with Gasteiger partial charge < -0.3 is 75.7 Å². The Balaban J connectivity index is 0.873. The number of aromatic amines is 2. The zero-order valence-electron chi connectivity index (χ0n) is 39.8. The quantitative estimate of drug-likeness (QED) is 0.0257. The van der Waals surface area contributed by atoms with Crippen molar-refractivity contribution in [3.05, 3.63) is 46.0 Å². The average Bonchev–Trinajstić information content (AvgIpc) is 4.24. The second kappa shape index (κ2) is 20.8. The predicted octanol–water partition coefficient (Wildman–Crippen LogP) is -3.86. The van der Waals surface area contributed by atoms with Crippen LogP contribution < -0.4 is 32.5 Å². The Morgan fingerprint density at radius 1 is 0.753 bits per heavy atom. The van der Waals surface area contributed by atoms with Crippen molar-refractivity contribution in [3.8, 4) is 0 Å². The van der Waals surface area contributed by atoms with Gasteiger partial charge in [0.25, 0.3) is 17.1 Å². The van der Waals surface area contributed by atoms with Crippen molar-refractivity contribution in [3.63, 3.8) is 0 Å². The van der Waals surface area contributed by atoms with E-state index in [9.17, 15) is 67.8 Å². The molecule has 7 unspecified atom stereocenters. The van der Waals surface area contributed by atoms with E-state index >= 15 is 0 Å². The number of aromatic nitrogens is 12. The first kappa shape index (κ1) is 56.6. The number of aliphatic hydroxyl groups is 4. The minimum Gasteiger partial charge on any atom is -0.387 e. The Hall–Kier alpha value is -5.15. The third-order valence-electron chi connectivity index (χ3n) is 12.2. The number of hydrogen-bond acceptors (Lipinski definition) is 29. The molecule has 0 aromatic carbocycles. The van der Waals surface area contributed by atoms with E-state index in [-0.39, 0.29) is 51.2 Å². The summed E-state index contributed by atoms with van der Waals surface area (Å²) >= 11 is 0. The number of methoxy groups -OCH3 is 1. The number of fused-ring (bicyclic) bond motifs is 3. The van der Waals surface area contributed by atoms with Crippen LogP contribution in [0.15, 0.2) is 34.9 Å². The molecule has 0 saturated carbocycles. The fraction of sp³-hybridized carbons (Fsp3) is 0.559. The molecule has 422 valence electrons. The van der Waals surface area contributed by atoms with Crippen molar-refractivity contribution in [1.82, 2.24) is 53.6 Å². The van der Waals surface area contributed by atoms with Crippen LogP contribution in [-0.4, -0.2) is 182 Å². The number of nitrogens with one attached hydrogen (secondary N) is 3. The second-order valence-corrected chi connectivity index (χ2v) is 23.4. The molecule has 16 atom stereocenters. The van der Waals surface area contributed by atoms with Crippen molar-refractivity contribution in [2.75, 3.05) is 50.8 Å². The van der Waals surface area contributed by atoms with Crippen LogP contribution in [0.5, 0.6) is 0 Å².